The van der Waals surface area contributed by atoms with E-state index in [1.165, 1.54) is 11.1 Å². The second kappa shape index (κ2) is 7.27. The van der Waals surface area contributed by atoms with Crippen LogP contribution in [0.1, 0.15) is 17.2 Å². The fourth-order valence-corrected chi connectivity index (χ4v) is 3.25. The number of rotatable bonds is 4. The molecule has 1 N–H and O–H groups in total. The van der Waals surface area contributed by atoms with Crippen LogP contribution in [0.15, 0.2) is 53.0 Å². The second-order valence-electron chi connectivity index (χ2n) is 5.51. The largest absolute Gasteiger partial charge is 0.497 e. The van der Waals surface area contributed by atoms with E-state index in [9.17, 15) is 0 Å². The number of piperazine rings is 1. The summed E-state index contributed by atoms with van der Waals surface area (Å²) < 4.78 is 6.40. The standard InChI is InChI=1S/C18H21BrN2O/c1-22-17-8-4-15(5-9-17)18(21-12-10-20-11-13-21)14-2-6-16(19)7-3-14/h2-9,18,20H,10-13H2,1H3. The minimum atomic E-state index is 0.293. The maximum Gasteiger partial charge on any atom is 0.118 e. The van der Waals surface area contributed by atoms with E-state index in [2.05, 4.69) is 62.5 Å². The first-order chi connectivity index (χ1) is 10.8. The molecule has 22 heavy (non-hydrogen) atoms. The van der Waals surface area contributed by atoms with E-state index in [1.807, 2.05) is 12.1 Å². The first-order valence-corrected chi connectivity index (χ1v) is 8.41. The highest BCUT2D eigenvalue weighted by atomic mass is 79.9. The van der Waals surface area contributed by atoms with Gasteiger partial charge in [0.1, 0.15) is 5.75 Å². The predicted octanol–water partition coefficient (Wildman–Crippen LogP) is 3.45. The number of halogens is 1. The fourth-order valence-electron chi connectivity index (χ4n) is 2.99. The van der Waals surface area contributed by atoms with Crippen LogP contribution in [0, 0.1) is 0 Å². The highest BCUT2D eigenvalue weighted by molar-refractivity contribution is 9.10. The van der Waals surface area contributed by atoms with Crippen molar-refractivity contribution in [2.75, 3.05) is 33.3 Å². The minimum Gasteiger partial charge on any atom is -0.497 e. The number of hydrogen-bond donors (Lipinski definition) is 1. The van der Waals surface area contributed by atoms with Gasteiger partial charge in [0, 0.05) is 30.7 Å². The van der Waals surface area contributed by atoms with Gasteiger partial charge in [0.2, 0.25) is 0 Å². The number of nitrogens with zero attached hydrogens (tertiary/aromatic N) is 1. The molecule has 1 atom stereocenters. The maximum absolute atomic E-state index is 5.29. The van der Waals surface area contributed by atoms with Gasteiger partial charge in [-0.1, -0.05) is 40.2 Å². The predicted molar refractivity (Wildman–Crippen MR) is 93.4 cm³/mol. The Morgan fingerprint density at radius 1 is 0.955 bits per heavy atom. The van der Waals surface area contributed by atoms with E-state index < -0.39 is 0 Å². The van der Waals surface area contributed by atoms with Gasteiger partial charge >= 0.3 is 0 Å². The van der Waals surface area contributed by atoms with Gasteiger partial charge in [0.15, 0.2) is 0 Å². The normalized spacial score (nSPS) is 17.2. The third-order valence-electron chi connectivity index (χ3n) is 4.13. The highest BCUT2D eigenvalue weighted by Gasteiger charge is 2.23. The van der Waals surface area contributed by atoms with Crippen molar-refractivity contribution in [2.24, 2.45) is 0 Å². The molecule has 1 unspecified atom stereocenters. The van der Waals surface area contributed by atoms with Crippen LogP contribution in [0.3, 0.4) is 0 Å². The van der Waals surface area contributed by atoms with Crippen molar-refractivity contribution < 1.29 is 4.74 Å². The van der Waals surface area contributed by atoms with E-state index in [1.54, 1.807) is 7.11 Å². The number of benzene rings is 2. The number of ether oxygens (including phenoxy) is 1. The molecule has 0 amide bonds. The van der Waals surface area contributed by atoms with Crippen molar-refractivity contribution in [1.29, 1.82) is 0 Å². The Morgan fingerprint density at radius 3 is 2.05 bits per heavy atom. The summed E-state index contributed by atoms with van der Waals surface area (Å²) >= 11 is 3.53. The molecule has 0 saturated carbocycles. The lowest BCUT2D eigenvalue weighted by molar-refractivity contribution is 0.198. The van der Waals surface area contributed by atoms with Crippen molar-refractivity contribution in [3.05, 3.63) is 64.1 Å². The Morgan fingerprint density at radius 2 is 1.50 bits per heavy atom. The highest BCUT2D eigenvalue weighted by Crippen LogP contribution is 2.30. The lowest BCUT2D eigenvalue weighted by Gasteiger charge is -2.35. The average molecular weight is 361 g/mol. The van der Waals surface area contributed by atoms with Gasteiger partial charge in [0.05, 0.1) is 13.2 Å². The molecular weight excluding hydrogens is 340 g/mol. The van der Waals surface area contributed by atoms with Gasteiger partial charge in [-0.3, -0.25) is 4.90 Å². The molecule has 0 radical (unpaired) electrons. The van der Waals surface area contributed by atoms with Gasteiger partial charge in [-0.05, 0) is 35.4 Å². The SMILES string of the molecule is COc1ccc(C(c2ccc(Br)cc2)N2CCNCC2)cc1. The number of nitrogens with one attached hydrogen (secondary N) is 1. The average Bonchev–Trinajstić information content (AvgIpc) is 2.58. The van der Waals surface area contributed by atoms with Gasteiger partial charge in [-0.15, -0.1) is 0 Å². The molecule has 1 heterocycles. The van der Waals surface area contributed by atoms with Gasteiger partial charge in [0.25, 0.3) is 0 Å². The zero-order valence-electron chi connectivity index (χ0n) is 12.8. The molecule has 0 aromatic heterocycles. The van der Waals surface area contributed by atoms with E-state index >= 15 is 0 Å². The molecule has 0 bridgehead atoms. The van der Waals surface area contributed by atoms with Crippen molar-refractivity contribution in [3.63, 3.8) is 0 Å². The summed E-state index contributed by atoms with van der Waals surface area (Å²) in [4.78, 5) is 2.54. The monoisotopic (exact) mass is 360 g/mol. The van der Waals surface area contributed by atoms with Crippen molar-refractivity contribution in [1.82, 2.24) is 10.2 Å². The summed E-state index contributed by atoms with van der Waals surface area (Å²) in [7, 11) is 1.71. The lowest BCUT2D eigenvalue weighted by atomic mass is 9.96. The lowest BCUT2D eigenvalue weighted by Crippen LogP contribution is -2.45. The zero-order valence-corrected chi connectivity index (χ0v) is 14.3. The Hall–Kier alpha value is -1.36. The minimum absolute atomic E-state index is 0.293. The van der Waals surface area contributed by atoms with Crippen LogP contribution in [0.5, 0.6) is 5.75 Å². The molecule has 2 aromatic rings. The summed E-state index contributed by atoms with van der Waals surface area (Å²) in [6, 6.07) is 17.4. The van der Waals surface area contributed by atoms with E-state index in [0.29, 0.717) is 6.04 Å². The Bertz CT molecular complexity index is 591. The van der Waals surface area contributed by atoms with Crippen LogP contribution in [0.25, 0.3) is 0 Å². The van der Waals surface area contributed by atoms with Crippen LogP contribution in [-0.4, -0.2) is 38.2 Å². The fraction of sp³-hybridized carbons (Fsp3) is 0.333. The van der Waals surface area contributed by atoms with Crippen molar-refractivity contribution in [2.45, 2.75) is 6.04 Å². The molecule has 0 aliphatic carbocycles. The van der Waals surface area contributed by atoms with E-state index in [-0.39, 0.29) is 0 Å². The molecule has 3 nitrogen and oxygen atoms in total. The Labute approximate surface area is 140 Å². The summed E-state index contributed by atoms with van der Waals surface area (Å²) in [6.07, 6.45) is 0. The summed E-state index contributed by atoms with van der Waals surface area (Å²) in [5.41, 5.74) is 2.64. The summed E-state index contributed by atoms with van der Waals surface area (Å²) in [6.45, 7) is 4.21. The first-order valence-electron chi connectivity index (χ1n) is 7.62. The van der Waals surface area contributed by atoms with Gasteiger partial charge in [-0.25, -0.2) is 0 Å². The third kappa shape index (κ3) is 3.51. The van der Waals surface area contributed by atoms with Gasteiger partial charge < -0.3 is 10.1 Å². The summed E-state index contributed by atoms with van der Waals surface area (Å²) in [5.74, 6) is 0.901. The topological polar surface area (TPSA) is 24.5 Å². The molecule has 0 spiro atoms. The molecule has 116 valence electrons. The first kappa shape index (κ1) is 15.5. The second-order valence-corrected chi connectivity index (χ2v) is 6.43. The van der Waals surface area contributed by atoms with Crippen LogP contribution in [-0.2, 0) is 0 Å². The number of hydrogen-bond acceptors (Lipinski definition) is 3. The van der Waals surface area contributed by atoms with Crippen LogP contribution >= 0.6 is 15.9 Å². The van der Waals surface area contributed by atoms with E-state index in [4.69, 9.17) is 4.74 Å². The zero-order chi connectivity index (χ0) is 15.4. The molecule has 1 fully saturated rings. The van der Waals surface area contributed by atoms with Crippen LogP contribution < -0.4 is 10.1 Å². The quantitative estimate of drug-likeness (QED) is 0.903. The molecule has 1 aliphatic heterocycles. The third-order valence-corrected chi connectivity index (χ3v) is 4.66. The van der Waals surface area contributed by atoms with Gasteiger partial charge in [-0.2, -0.15) is 0 Å². The van der Waals surface area contributed by atoms with Crippen molar-refractivity contribution >= 4 is 15.9 Å². The molecule has 1 saturated heterocycles. The van der Waals surface area contributed by atoms with E-state index in [0.717, 1.165) is 36.4 Å². The summed E-state index contributed by atoms with van der Waals surface area (Å²) in [5, 5.41) is 3.43. The molecule has 1 aliphatic rings. The molecule has 2 aromatic carbocycles. The van der Waals surface area contributed by atoms with Crippen LogP contribution in [0.2, 0.25) is 0 Å². The Balaban J connectivity index is 1.95. The molecule has 4 heteroatoms. The number of methoxy groups -OCH3 is 1. The Kier molecular flexibility index (Phi) is 5.13. The molecule has 3 rings (SSSR count). The van der Waals surface area contributed by atoms with Crippen LogP contribution in [0.4, 0.5) is 0 Å². The maximum atomic E-state index is 5.29. The molecular formula is C18H21BrN2O. The van der Waals surface area contributed by atoms with Crippen molar-refractivity contribution in [3.8, 4) is 5.75 Å². The smallest absolute Gasteiger partial charge is 0.118 e.